The highest BCUT2D eigenvalue weighted by atomic mass is 32.2. The topological polar surface area (TPSA) is 116 Å². The standard InChI is InChI=1S/C22H26N2O7S/c1-3-14-30-19-6-4-5-7-20(19)31-22(25)17-10-12-23(13-11-17)32(28,29)21-15-18(24(26)27)9-8-16(21)2/h4-9,15,17H,3,10-14H2,1-2H3. The number of carbonyl (C=O) groups is 1. The van der Waals surface area contributed by atoms with Gasteiger partial charge in [-0.25, -0.2) is 8.42 Å². The number of benzene rings is 2. The van der Waals surface area contributed by atoms with Crippen molar-refractivity contribution in [2.45, 2.75) is 38.0 Å². The summed E-state index contributed by atoms with van der Waals surface area (Å²) in [5.74, 6) is -0.0508. The van der Waals surface area contributed by atoms with E-state index >= 15 is 0 Å². The Morgan fingerprint density at radius 1 is 1.16 bits per heavy atom. The second-order valence-corrected chi connectivity index (χ2v) is 9.51. The number of non-ortho nitro benzene ring substituents is 1. The average Bonchev–Trinajstić information content (AvgIpc) is 2.78. The molecule has 0 aliphatic carbocycles. The Kier molecular flexibility index (Phi) is 7.47. The molecule has 172 valence electrons. The van der Waals surface area contributed by atoms with Crippen LogP contribution in [0.4, 0.5) is 5.69 Å². The molecule has 0 spiro atoms. The Hall–Kier alpha value is -2.98. The number of sulfonamides is 1. The minimum Gasteiger partial charge on any atom is -0.490 e. The van der Waals surface area contributed by atoms with Crippen molar-refractivity contribution in [3.63, 3.8) is 0 Å². The van der Waals surface area contributed by atoms with Gasteiger partial charge in [0.25, 0.3) is 5.69 Å². The summed E-state index contributed by atoms with van der Waals surface area (Å²) < 4.78 is 38.5. The Morgan fingerprint density at radius 3 is 2.44 bits per heavy atom. The van der Waals surface area contributed by atoms with Crippen molar-refractivity contribution in [1.82, 2.24) is 4.31 Å². The number of piperidine rings is 1. The highest BCUT2D eigenvalue weighted by Crippen LogP contribution is 2.31. The maximum atomic E-state index is 13.1. The van der Waals surface area contributed by atoms with E-state index in [-0.39, 0.29) is 23.7 Å². The number of esters is 1. The number of para-hydroxylation sites is 2. The van der Waals surface area contributed by atoms with Crippen molar-refractivity contribution in [3.05, 3.63) is 58.1 Å². The van der Waals surface area contributed by atoms with Crippen LogP contribution in [0.15, 0.2) is 47.4 Å². The summed E-state index contributed by atoms with van der Waals surface area (Å²) in [6, 6.07) is 10.7. The van der Waals surface area contributed by atoms with Crippen LogP contribution in [0.25, 0.3) is 0 Å². The van der Waals surface area contributed by atoms with Gasteiger partial charge in [0.2, 0.25) is 10.0 Å². The van der Waals surface area contributed by atoms with E-state index in [1.54, 1.807) is 31.2 Å². The third-order valence-corrected chi connectivity index (χ3v) is 7.35. The monoisotopic (exact) mass is 462 g/mol. The molecule has 9 nitrogen and oxygen atoms in total. The van der Waals surface area contributed by atoms with Gasteiger partial charge < -0.3 is 9.47 Å². The zero-order valence-corrected chi connectivity index (χ0v) is 18.8. The van der Waals surface area contributed by atoms with Gasteiger partial charge in [0, 0.05) is 25.2 Å². The molecule has 0 atom stereocenters. The number of nitro groups is 1. The van der Waals surface area contributed by atoms with E-state index in [4.69, 9.17) is 9.47 Å². The molecule has 0 saturated carbocycles. The van der Waals surface area contributed by atoms with Gasteiger partial charge in [0.15, 0.2) is 11.5 Å². The van der Waals surface area contributed by atoms with Crippen LogP contribution in [-0.2, 0) is 14.8 Å². The maximum Gasteiger partial charge on any atom is 0.314 e. The number of ether oxygens (including phenoxy) is 2. The van der Waals surface area contributed by atoms with Gasteiger partial charge in [-0.15, -0.1) is 0 Å². The zero-order valence-electron chi connectivity index (χ0n) is 18.0. The highest BCUT2D eigenvalue weighted by molar-refractivity contribution is 7.89. The number of rotatable bonds is 8. The third kappa shape index (κ3) is 5.25. The van der Waals surface area contributed by atoms with Crippen molar-refractivity contribution in [3.8, 4) is 11.5 Å². The van der Waals surface area contributed by atoms with Crippen LogP contribution in [0.1, 0.15) is 31.7 Å². The van der Waals surface area contributed by atoms with E-state index in [1.807, 2.05) is 6.92 Å². The van der Waals surface area contributed by atoms with Gasteiger partial charge in [-0.1, -0.05) is 25.1 Å². The van der Waals surface area contributed by atoms with Gasteiger partial charge in [0.1, 0.15) is 0 Å². The van der Waals surface area contributed by atoms with Gasteiger partial charge in [-0.05, 0) is 43.9 Å². The van der Waals surface area contributed by atoms with Gasteiger partial charge in [0.05, 0.1) is 22.3 Å². The zero-order chi connectivity index (χ0) is 23.3. The molecule has 2 aromatic carbocycles. The molecule has 10 heteroatoms. The lowest BCUT2D eigenvalue weighted by Gasteiger charge is -2.30. The summed E-state index contributed by atoms with van der Waals surface area (Å²) in [5, 5.41) is 11.1. The maximum absolute atomic E-state index is 13.1. The molecule has 2 aromatic rings. The first kappa shape index (κ1) is 23.7. The number of hydrogen-bond donors (Lipinski definition) is 0. The first-order valence-electron chi connectivity index (χ1n) is 10.4. The highest BCUT2D eigenvalue weighted by Gasteiger charge is 2.34. The summed E-state index contributed by atoms with van der Waals surface area (Å²) in [6.45, 7) is 4.32. The van der Waals surface area contributed by atoms with Crippen LogP contribution in [-0.4, -0.2) is 43.3 Å². The number of hydrogen-bond acceptors (Lipinski definition) is 7. The van der Waals surface area contributed by atoms with Crippen molar-refractivity contribution in [2.24, 2.45) is 5.92 Å². The van der Waals surface area contributed by atoms with E-state index in [2.05, 4.69) is 0 Å². The minimum atomic E-state index is -3.92. The van der Waals surface area contributed by atoms with Crippen LogP contribution in [0.2, 0.25) is 0 Å². The number of nitrogens with zero attached hydrogens (tertiary/aromatic N) is 2. The normalized spacial score (nSPS) is 15.3. The molecule has 0 aromatic heterocycles. The summed E-state index contributed by atoms with van der Waals surface area (Å²) in [6.07, 6.45) is 1.41. The molecule has 3 rings (SSSR count). The van der Waals surface area contributed by atoms with E-state index in [0.29, 0.717) is 36.5 Å². The Balaban J connectivity index is 1.67. The molecule has 1 aliphatic rings. The summed E-state index contributed by atoms with van der Waals surface area (Å²) in [5.41, 5.74) is 0.150. The predicted octanol–water partition coefficient (Wildman–Crippen LogP) is 3.70. The van der Waals surface area contributed by atoms with E-state index in [1.165, 1.54) is 16.4 Å². The number of nitro benzene ring substituents is 1. The van der Waals surface area contributed by atoms with Crippen molar-refractivity contribution in [1.29, 1.82) is 0 Å². The molecule has 0 N–H and O–H groups in total. The van der Waals surface area contributed by atoms with E-state index < -0.39 is 26.8 Å². The minimum absolute atomic E-state index is 0.0882. The lowest BCUT2D eigenvalue weighted by Crippen LogP contribution is -2.41. The summed E-state index contributed by atoms with van der Waals surface area (Å²) >= 11 is 0. The van der Waals surface area contributed by atoms with Crippen LogP contribution in [0.5, 0.6) is 11.5 Å². The molecule has 0 unspecified atom stereocenters. The van der Waals surface area contributed by atoms with E-state index in [9.17, 15) is 23.3 Å². The smallest absolute Gasteiger partial charge is 0.314 e. The molecular weight excluding hydrogens is 436 g/mol. The molecule has 1 fully saturated rings. The van der Waals surface area contributed by atoms with Gasteiger partial charge >= 0.3 is 5.97 Å². The van der Waals surface area contributed by atoms with Crippen molar-refractivity contribution < 1.29 is 27.6 Å². The lowest BCUT2D eigenvalue weighted by atomic mass is 9.98. The molecule has 0 bridgehead atoms. The van der Waals surface area contributed by atoms with Crippen LogP contribution in [0.3, 0.4) is 0 Å². The second-order valence-electron chi connectivity index (χ2n) is 7.60. The quantitative estimate of drug-likeness (QED) is 0.254. The lowest BCUT2D eigenvalue weighted by molar-refractivity contribution is -0.385. The SMILES string of the molecule is CCCOc1ccccc1OC(=O)C1CCN(S(=O)(=O)c2cc([N+](=O)[O-])ccc2C)CC1. The largest absolute Gasteiger partial charge is 0.490 e. The fourth-order valence-electron chi connectivity index (χ4n) is 3.51. The Morgan fingerprint density at radius 2 is 1.81 bits per heavy atom. The molecule has 1 heterocycles. The Bertz CT molecular complexity index is 1090. The number of aryl methyl sites for hydroxylation is 1. The second kappa shape index (κ2) is 10.1. The number of carbonyl (C=O) groups excluding carboxylic acids is 1. The fourth-order valence-corrected chi connectivity index (χ4v) is 5.22. The summed E-state index contributed by atoms with van der Waals surface area (Å²) in [4.78, 5) is 23.0. The van der Waals surface area contributed by atoms with E-state index in [0.717, 1.165) is 12.5 Å². The van der Waals surface area contributed by atoms with Gasteiger partial charge in [-0.2, -0.15) is 4.31 Å². The third-order valence-electron chi connectivity index (χ3n) is 5.31. The molecule has 0 radical (unpaired) electrons. The van der Waals surface area contributed by atoms with Crippen LogP contribution < -0.4 is 9.47 Å². The van der Waals surface area contributed by atoms with Crippen LogP contribution in [0, 0.1) is 23.0 Å². The summed E-state index contributed by atoms with van der Waals surface area (Å²) in [7, 11) is -3.92. The van der Waals surface area contributed by atoms with Crippen molar-refractivity contribution >= 4 is 21.7 Å². The Labute approximate surface area is 187 Å². The van der Waals surface area contributed by atoms with Crippen LogP contribution >= 0.6 is 0 Å². The molecular formula is C22H26N2O7S. The predicted molar refractivity (Wildman–Crippen MR) is 117 cm³/mol. The molecule has 0 amide bonds. The fraction of sp³-hybridized carbons (Fsp3) is 0.409. The first-order chi connectivity index (χ1) is 15.2. The average molecular weight is 463 g/mol. The molecule has 32 heavy (non-hydrogen) atoms. The molecule has 1 saturated heterocycles. The molecule has 1 aliphatic heterocycles. The first-order valence-corrected chi connectivity index (χ1v) is 11.9. The van der Waals surface area contributed by atoms with Crippen molar-refractivity contribution in [2.75, 3.05) is 19.7 Å². The van der Waals surface area contributed by atoms with Gasteiger partial charge in [-0.3, -0.25) is 14.9 Å².